The summed E-state index contributed by atoms with van der Waals surface area (Å²) in [6.07, 6.45) is 3.27. The monoisotopic (exact) mass is 274 g/mol. The largest absolute Gasteiger partial charge is 0.330 e. The van der Waals surface area contributed by atoms with Crippen LogP contribution in [0, 0.1) is 0 Å². The predicted molar refractivity (Wildman–Crippen MR) is 83.6 cm³/mol. The first kappa shape index (κ1) is 14.2. The van der Waals surface area contributed by atoms with Gasteiger partial charge in [0.2, 0.25) is 0 Å². The Labute approximate surface area is 119 Å². The third-order valence-corrected chi connectivity index (χ3v) is 4.53. The highest BCUT2D eigenvalue weighted by atomic mass is 32.1. The van der Waals surface area contributed by atoms with Gasteiger partial charge in [-0.25, -0.2) is 4.98 Å². The van der Waals surface area contributed by atoms with Crippen LogP contribution in [-0.2, 0) is 6.42 Å². The topological polar surface area (TPSA) is 38.9 Å². The second-order valence-electron chi connectivity index (χ2n) is 5.09. The average Bonchev–Trinajstić information content (AvgIpc) is 2.84. The molecule has 3 heteroatoms. The number of benzene rings is 1. The first-order chi connectivity index (χ1) is 9.22. The lowest BCUT2D eigenvalue weighted by Gasteiger charge is -2.04. The molecule has 0 fully saturated rings. The van der Waals surface area contributed by atoms with Crippen LogP contribution in [0.25, 0.3) is 11.3 Å². The molecule has 0 saturated carbocycles. The first-order valence-electron chi connectivity index (χ1n) is 6.97. The van der Waals surface area contributed by atoms with Crippen LogP contribution in [0.2, 0.25) is 0 Å². The molecule has 0 saturated heterocycles. The Morgan fingerprint density at radius 3 is 2.53 bits per heavy atom. The van der Waals surface area contributed by atoms with Crippen molar-refractivity contribution in [3.05, 3.63) is 40.2 Å². The average molecular weight is 274 g/mol. The van der Waals surface area contributed by atoms with E-state index in [4.69, 9.17) is 10.7 Å². The van der Waals surface area contributed by atoms with Crippen LogP contribution >= 0.6 is 11.3 Å². The number of hydrogen-bond acceptors (Lipinski definition) is 3. The maximum atomic E-state index is 5.55. The number of rotatable bonds is 6. The van der Waals surface area contributed by atoms with Crippen molar-refractivity contribution in [2.24, 2.45) is 5.73 Å². The van der Waals surface area contributed by atoms with Crippen molar-refractivity contribution in [1.29, 1.82) is 0 Å². The van der Waals surface area contributed by atoms with Gasteiger partial charge in [0.05, 0.1) is 10.7 Å². The van der Waals surface area contributed by atoms with Crippen LogP contribution in [0.5, 0.6) is 0 Å². The van der Waals surface area contributed by atoms with E-state index in [9.17, 15) is 0 Å². The molecular weight excluding hydrogens is 252 g/mol. The van der Waals surface area contributed by atoms with E-state index < -0.39 is 0 Å². The van der Waals surface area contributed by atoms with Gasteiger partial charge in [-0.3, -0.25) is 0 Å². The third-order valence-electron chi connectivity index (χ3n) is 3.11. The highest BCUT2D eigenvalue weighted by Gasteiger charge is 2.15. The van der Waals surface area contributed by atoms with Gasteiger partial charge < -0.3 is 5.73 Å². The summed E-state index contributed by atoms with van der Waals surface area (Å²) < 4.78 is 0. The Morgan fingerprint density at radius 1 is 1.16 bits per heavy atom. The molecule has 2 N–H and O–H groups in total. The van der Waals surface area contributed by atoms with Crippen molar-refractivity contribution in [1.82, 2.24) is 4.98 Å². The van der Waals surface area contributed by atoms with Crippen molar-refractivity contribution in [3.8, 4) is 11.3 Å². The maximum Gasteiger partial charge on any atom is 0.0935 e. The zero-order chi connectivity index (χ0) is 13.7. The third kappa shape index (κ3) is 3.64. The zero-order valence-electron chi connectivity index (χ0n) is 11.7. The summed E-state index contributed by atoms with van der Waals surface area (Å²) in [6.45, 7) is 5.25. The fourth-order valence-electron chi connectivity index (χ4n) is 2.10. The van der Waals surface area contributed by atoms with E-state index in [-0.39, 0.29) is 0 Å². The number of nitrogens with two attached hydrogens (primary N) is 1. The number of hydrogen-bond donors (Lipinski definition) is 1. The van der Waals surface area contributed by atoms with Crippen LogP contribution in [0.4, 0.5) is 0 Å². The quantitative estimate of drug-likeness (QED) is 0.801. The molecule has 2 aromatic rings. The summed E-state index contributed by atoms with van der Waals surface area (Å²) in [6, 6.07) is 10.5. The van der Waals surface area contributed by atoms with Crippen molar-refractivity contribution >= 4 is 11.3 Å². The highest BCUT2D eigenvalue weighted by Crippen LogP contribution is 2.34. The fraction of sp³-hybridized carbons (Fsp3) is 0.438. The predicted octanol–water partition coefficient (Wildman–Crippen LogP) is 4.21. The van der Waals surface area contributed by atoms with Gasteiger partial charge >= 0.3 is 0 Å². The zero-order valence-corrected chi connectivity index (χ0v) is 12.5. The molecule has 0 aliphatic heterocycles. The number of aromatic nitrogens is 1. The summed E-state index contributed by atoms with van der Waals surface area (Å²) in [5.74, 6) is 0.524. The van der Waals surface area contributed by atoms with Gasteiger partial charge in [-0.2, -0.15) is 0 Å². The molecular formula is C16H22N2S. The minimum Gasteiger partial charge on any atom is -0.330 e. The molecule has 0 bridgehead atoms. The molecule has 0 radical (unpaired) electrons. The molecule has 0 atom stereocenters. The van der Waals surface area contributed by atoms with Crippen molar-refractivity contribution < 1.29 is 0 Å². The van der Waals surface area contributed by atoms with Gasteiger partial charge in [0.15, 0.2) is 0 Å². The molecule has 1 aromatic carbocycles. The minimum absolute atomic E-state index is 0.524. The fourth-order valence-corrected chi connectivity index (χ4v) is 3.23. The van der Waals surface area contributed by atoms with Crippen molar-refractivity contribution in [2.45, 2.75) is 39.0 Å². The summed E-state index contributed by atoms with van der Waals surface area (Å²) in [7, 11) is 0. The summed E-state index contributed by atoms with van der Waals surface area (Å²) >= 11 is 1.86. The SMILES string of the molecule is CC(C)c1sc(CCCCN)nc1-c1ccccc1. The molecule has 1 heterocycles. The molecule has 102 valence electrons. The Hall–Kier alpha value is -1.19. The van der Waals surface area contributed by atoms with Crippen molar-refractivity contribution in [2.75, 3.05) is 6.54 Å². The van der Waals surface area contributed by atoms with Crippen LogP contribution in [-0.4, -0.2) is 11.5 Å². The van der Waals surface area contributed by atoms with Gasteiger partial charge in [-0.1, -0.05) is 44.2 Å². The van der Waals surface area contributed by atoms with E-state index in [1.54, 1.807) is 0 Å². The van der Waals surface area contributed by atoms with Gasteiger partial charge in [0, 0.05) is 10.4 Å². The van der Waals surface area contributed by atoms with Gasteiger partial charge in [-0.15, -0.1) is 11.3 Å². The second-order valence-corrected chi connectivity index (χ2v) is 6.20. The summed E-state index contributed by atoms with van der Waals surface area (Å²) in [4.78, 5) is 6.25. The standard InChI is InChI=1S/C16H22N2S/c1-12(2)16-15(13-8-4-3-5-9-13)18-14(19-16)10-6-7-11-17/h3-5,8-9,12H,6-7,10-11,17H2,1-2H3. The Balaban J connectivity index is 2.26. The molecule has 0 aliphatic rings. The van der Waals surface area contributed by atoms with Gasteiger partial charge in [0.1, 0.15) is 0 Å². The molecule has 2 rings (SSSR count). The van der Waals surface area contributed by atoms with E-state index in [0.29, 0.717) is 5.92 Å². The van der Waals surface area contributed by atoms with Crippen LogP contribution in [0.3, 0.4) is 0 Å². The lowest BCUT2D eigenvalue weighted by atomic mass is 10.1. The molecule has 0 unspecified atom stereocenters. The molecule has 0 aliphatic carbocycles. The van der Waals surface area contributed by atoms with Crippen LogP contribution < -0.4 is 5.73 Å². The molecule has 19 heavy (non-hydrogen) atoms. The van der Waals surface area contributed by atoms with Gasteiger partial charge in [0.25, 0.3) is 0 Å². The number of nitrogens with zero attached hydrogens (tertiary/aromatic N) is 1. The minimum atomic E-state index is 0.524. The Morgan fingerprint density at radius 2 is 1.89 bits per heavy atom. The number of thiazole rings is 1. The van der Waals surface area contributed by atoms with Crippen LogP contribution in [0.15, 0.2) is 30.3 Å². The second kappa shape index (κ2) is 6.83. The van der Waals surface area contributed by atoms with Crippen LogP contribution in [0.1, 0.15) is 42.5 Å². The van der Waals surface area contributed by atoms with E-state index >= 15 is 0 Å². The highest BCUT2D eigenvalue weighted by molar-refractivity contribution is 7.12. The molecule has 0 amide bonds. The van der Waals surface area contributed by atoms with E-state index in [2.05, 4.69) is 38.1 Å². The Kier molecular flexibility index (Phi) is 5.11. The van der Waals surface area contributed by atoms with E-state index in [1.807, 2.05) is 17.4 Å². The maximum absolute atomic E-state index is 5.55. The van der Waals surface area contributed by atoms with Gasteiger partial charge in [-0.05, 0) is 31.7 Å². The lowest BCUT2D eigenvalue weighted by molar-refractivity contribution is 0.742. The normalized spacial score (nSPS) is 11.2. The van der Waals surface area contributed by atoms with E-state index in [1.165, 1.54) is 21.1 Å². The molecule has 1 aromatic heterocycles. The smallest absolute Gasteiger partial charge is 0.0935 e. The van der Waals surface area contributed by atoms with E-state index in [0.717, 1.165) is 25.8 Å². The lowest BCUT2D eigenvalue weighted by Crippen LogP contribution is -1.98. The summed E-state index contributed by atoms with van der Waals surface area (Å²) in [5.41, 5.74) is 7.95. The number of aryl methyl sites for hydroxylation is 1. The molecule has 2 nitrogen and oxygen atoms in total. The number of unbranched alkanes of at least 4 members (excludes halogenated alkanes) is 1. The summed E-state index contributed by atoms with van der Waals surface area (Å²) in [5, 5.41) is 1.25. The Bertz CT molecular complexity index is 503. The molecule has 0 spiro atoms. The van der Waals surface area contributed by atoms with Crippen molar-refractivity contribution in [3.63, 3.8) is 0 Å². The first-order valence-corrected chi connectivity index (χ1v) is 7.79.